The largest absolute Gasteiger partial charge is 0.316 e. The molecule has 3 nitrogen and oxygen atoms in total. The summed E-state index contributed by atoms with van der Waals surface area (Å²) in [5.41, 5.74) is 5.07. The molecule has 3 heteroatoms. The Morgan fingerprint density at radius 1 is 1.35 bits per heavy atom. The molecule has 1 aromatic heterocycles. The first-order chi connectivity index (χ1) is 8.24. The maximum Gasteiger partial charge on any atom is 0.0568 e. The van der Waals surface area contributed by atoms with E-state index in [9.17, 15) is 0 Å². The molecule has 0 saturated heterocycles. The summed E-state index contributed by atoms with van der Waals surface area (Å²) in [7, 11) is 1.97. The average Bonchev–Trinajstić information content (AvgIpc) is 2.80. The third-order valence-electron chi connectivity index (χ3n) is 2.95. The monoisotopic (exact) mass is 229 g/mol. The molecule has 0 aliphatic rings. The maximum atomic E-state index is 4.33. The van der Waals surface area contributed by atoms with Crippen LogP contribution in [0.2, 0.25) is 0 Å². The number of hydrogen-bond donors (Lipinski definition) is 1. The molecule has 0 aliphatic heterocycles. The van der Waals surface area contributed by atoms with Gasteiger partial charge in [0.25, 0.3) is 0 Å². The van der Waals surface area contributed by atoms with Crippen LogP contribution >= 0.6 is 0 Å². The molecular formula is C14H19N3. The Morgan fingerprint density at radius 3 is 2.82 bits per heavy atom. The standard InChI is InChI=1S/C14H19N3/c1-4-17-10-13(9-16-17)14-7-12(8-15-3)6-5-11(14)2/h5-7,9-10,15H,4,8H2,1-3H3. The first kappa shape index (κ1) is 11.9. The Bertz CT molecular complexity index is 500. The van der Waals surface area contributed by atoms with Crippen molar-refractivity contribution in [3.63, 3.8) is 0 Å². The summed E-state index contributed by atoms with van der Waals surface area (Å²) >= 11 is 0. The molecule has 0 fully saturated rings. The van der Waals surface area contributed by atoms with Crippen molar-refractivity contribution in [3.05, 3.63) is 41.7 Å². The summed E-state index contributed by atoms with van der Waals surface area (Å²) in [6.45, 7) is 6.05. The highest BCUT2D eigenvalue weighted by molar-refractivity contribution is 5.66. The SMILES string of the molecule is CCn1cc(-c2cc(CNC)ccc2C)cn1. The fourth-order valence-electron chi connectivity index (χ4n) is 1.97. The molecule has 1 N–H and O–H groups in total. The number of hydrogen-bond acceptors (Lipinski definition) is 2. The second kappa shape index (κ2) is 5.15. The van der Waals surface area contributed by atoms with Gasteiger partial charge in [-0.05, 0) is 43.7 Å². The molecule has 0 bridgehead atoms. The molecule has 17 heavy (non-hydrogen) atoms. The quantitative estimate of drug-likeness (QED) is 0.873. The summed E-state index contributed by atoms with van der Waals surface area (Å²) < 4.78 is 1.96. The molecule has 2 aromatic rings. The van der Waals surface area contributed by atoms with Gasteiger partial charge in [0.15, 0.2) is 0 Å². The number of aromatic nitrogens is 2. The Kier molecular flexibility index (Phi) is 3.59. The molecule has 90 valence electrons. The van der Waals surface area contributed by atoms with Gasteiger partial charge in [-0.3, -0.25) is 4.68 Å². The summed E-state index contributed by atoms with van der Waals surface area (Å²) in [6.07, 6.45) is 4.04. The van der Waals surface area contributed by atoms with Crippen molar-refractivity contribution in [2.45, 2.75) is 26.9 Å². The molecule has 0 unspecified atom stereocenters. The van der Waals surface area contributed by atoms with E-state index in [4.69, 9.17) is 0 Å². The molecule has 0 radical (unpaired) electrons. The van der Waals surface area contributed by atoms with Crippen LogP contribution in [0.3, 0.4) is 0 Å². The predicted octanol–water partition coefficient (Wildman–Crippen LogP) is 2.60. The summed E-state index contributed by atoms with van der Waals surface area (Å²) in [5.74, 6) is 0. The van der Waals surface area contributed by atoms with Crippen LogP contribution in [0.5, 0.6) is 0 Å². The first-order valence-corrected chi connectivity index (χ1v) is 6.01. The number of aryl methyl sites for hydroxylation is 2. The van der Waals surface area contributed by atoms with Crippen molar-refractivity contribution in [1.29, 1.82) is 0 Å². The zero-order valence-corrected chi connectivity index (χ0v) is 10.7. The minimum atomic E-state index is 0.898. The van der Waals surface area contributed by atoms with Crippen molar-refractivity contribution >= 4 is 0 Å². The van der Waals surface area contributed by atoms with Gasteiger partial charge in [0.2, 0.25) is 0 Å². The molecule has 0 atom stereocenters. The van der Waals surface area contributed by atoms with E-state index in [0.717, 1.165) is 13.1 Å². The lowest BCUT2D eigenvalue weighted by molar-refractivity contribution is 0.660. The summed E-state index contributed by atoms with van der Waals surface area (Å²) in [5, 5.41) is 7.51. The Labute approximate surface area is 102 Å². The highest BCUT2D eigenvalue weighted by atomic mass is 15.3. The lowest BCUT2D eigenvalue weighted by Crippen LogP contribution is -2.05. The highest BCUT2D eigenvalue weighted by Crippen LogP contribution is 2.24. The van der Waals surface area contributed by atoms with Crippen LogP contribution in [-0.2, 0) is 13.1 Å². The lowest BCUT2D eigenvalue weighted by atomic mass is 10.0. The smallest absolute Gasteiger partial charge is 0.0568 e. The van der Waals surface area contributed by atoms with E-state index >= 15 is 0 Å². The molecule has 0 saturated carbocycles. The van der Waals surface area contributed by atoms with Crippen molar-refractivity contribution in [2.75, 3.05) is 7.05 Å². The average molecular weight is 229 g/mol. The van der Waals surface area contributed by atoms with E-state index < -0.39 is 0 Å². The fourth-order valence-corrected chi connectivity index (χ4v) is 1.97. The normalized spacial score (nSPS) is 10.8. The number of rotatable bonds is 4. The van der Waals surface area contributed by atoms with E-state index in [1.165, 1.54) is 22.3 Å². The molecule has 0 aliphatic carbocycles. The van der Waals surface area contributed by atoms with E-state index in [2.05, 4.69) is 48.7 Å². The Balaban J connectivity index is 2.39. The van der Waals surface area contributed by atoms with Crippen LogP contribution in [0.25, 0.3) is 11.1 Å². The van der Waals surface area contributed by atoms with Gasteiger partial charge in [-0.1, -0.05) is 12.1 Å². The van der Waals surface area contributed by atoms with E-state index in [0.29, 0.717) is 0 Å². The van der Waals surface area contributed by atoms with E-state index in [1.807, 2.05) is 17.9 Å². The first-order valence-electron chi connectivity index (χ1n) is 6.01. The molecular weight excluding hydrogens is 210 g/mol. The molecule has 0 amide bonds. The molecule has 1 heterocycles. The van der Waals surface area contributed by atoms with Crippen LogP contribution in [-0.4, -0.2) is 16.8 Å². The van der Waals surface area contributed by atoms with Crippen molar-refractivity contribution < 1.29 is 0 Å². The highest BCUT2D eigenvalue weighted by Gasteiger charge is 2.05. The van der Waals surface area contributed by atoms with Gasteiger partial charge in [-0.25, -0.2) is 0 Å². The summed E-state index contributed by atoms with van der Waals surface area (Å²) in [6, 6.07) is 6.58. The number of benzene rings is 1. The van der Waals surface area contributed by atoms with E-state index in [1.54, 1.807) is 0 Å². The minimum Gasteiger partial charge on any atom is -0.316 e. The molecule has 1 aromatic carbocycles. The van der Waals surface area contributed by atoms with Crippen LogP contribution in [0.15, 0.2) is 30.6 Å². The molecule has 2 rings (SSSR count). The maximum absolute atomic E-state index is 4.33. The zero-order valence-electron chi connectivity index (χ0n) is 10.7. The van der Waals surface area contributed by atoms with Crippen LogP contribution in [0, 0.1) is 6.92 Å². The molecule has 0 spiro atoms. The van der Waals surface area contributed by atoms with Gasteiger partial charge in [0.1, 0.15) is 0 Å². The minimum absolute atomic E-state index is 0.898. The van der Waals surface area contributed by atoms with Crippen molar-refractivity contribution in [2.24, 2.45) is 0 Å². The number of nitrogens with zero attached hydrogens (tertiary/aromatic N) is 2. The van der Waals surface area contributed by atoms with Gasteiger partial charge in [-0.15, -0.1) is 0 Å². The lowest BCUT2D eigenvalue weighted by Gasteiger charge is -2.07. The third-order valence-corrected chi connectivity index (χ3v) is 2.95. The van der Waals surface area contributed by atoms with E-state index in [-0.39, 0.29) is 0 Å². The third kappa shape index (κ3) is 2.56. The predicted molar refractivity (Wildman–Crippen MR) is 70.8 cm³/mol. The zero-order chi connectivity index (χ0) is 12.3. The Hall–Kier alpha value is -1.61. The van der Waals surface area contributed by atoms with Gasteiger partial charge < -0.3 is 5.32 Å². The summed E-state index contributed by atoms with van der Waals surface area (Å²) in [4.78, 5) is 0. The van der Waals surface area contributed by atoms with Gasteiger partial charge in [0, 0.05) is 24.8 Å². The topological polar surface area (TPSA) is 29.9 Å². The van der Waals surface area contributed by atoms with Crippen molar-refractivity contribution in [1.82, 2.24) is 15.1 Å². The number of nitrogens with one attached hydrogen (secondary N) is 1. The fraction of sp³-hybridized carbons (Fsp3) is 0.357. The van der Waals surface area contributed by atoms with Gasteiger partial charge >= 0.3 is 0 Å². The second-order valence-electron chi connectivity index (χ2n) is 4.26. The van der Waals surface area contributed by atoms with Crippen molar-refractivity contribution in [3.8, 4) is 11.1 Å². The second-order valence-corrected chi connectivity index (χ2v) is 4.26. The Morgan fingerprint density at radius 2 is 2.18 bits per heavy atom. The van der Waals surface area contributed by atoms with Gasteiger partial charge in [-0.2, -0.15) is 5.10 Å². The van der Waals surface area contributed by atoms with Crippen LogP contribution in [0.1, 0.15) is 18.1 Å². The van der Waals surface area contributed by atoms with Crippen LogP contribution in [0.4, 0.5) is 0 Å². The van der Waals surface area contributed by atoms with Crippen LogP contribution < -0.4 is 5.32 Å². The van der Waals surface area contributed by atoms with Gasteiger partial charge in [0.05, 0.1) is 6.20 Å².